The van der Waals surface area contributed by atoms with Crippen molar-refractivity contribution in [2.24, 2.45) is 0 Å². The first-order valence-electron chi connectivity index (χ1n) is 8.64. The minimum atomic E-state index is 0.0403. The highest BCUT2D eigenvalue weighted by atomic mass is 35.5. The Hall–Kier alpha value is -2.11. The van der Waals surface area contributed by atoms with Crippen LogP contribution in [0.2, 0.25) is 10.0 Å². The molecule has 0 radical (unpaired) electrons. The van der Waals surface area contributed by atoms with E-state index in [2.05, 4.69) is 10.2 Å². The lowest BCUT2D eigenvalue weighted by Crippen LogP contribution is -2.40. The molecule has 1 atom stereocenters. The molecule has 0 aliphatic carbocycles. The second-order valence-electron chi connectivity index (χ2n) is 6.54. The van der Waals surface area contributed by atoms with E-state index in [0.717, 1.165) is 30.9 Å². The van der Waals surface area contributed by atoms with Gasteiger partial charge in [-0.1, -0.05) is 35.3 Å². The molecule has 0 spiro atoms. The van der Waals surface area contributed by atoms with Gasteiger partial charge < -0.3 is 4.90 Å². The van der Waals surface area contributed by atoms with Crippen molar-refractivity contribution >= 4 is 34.8 Å². The van der Waals surface area contributed by atoms with Crippen LogP contribution in [0.15, 0.2) is 42.6 Å². The zero-order valence-electron chi connectivity index (χ0n) is 14.1. The van der Waals surface area contributed by atoms with Crippen molar-refractivity contribution in [3.63, 3.8) is 0 Å². The SMILES string of the molecule is O=C(Cc1c(Cl)cccc1Cl)N1CCCC(c2nnc3ccccn23)C1. The predicted molar refractivity (Wildman–Crippen MR) is 102 cm³/mol. The summed E-state index contributed by atoms with van der Waals surface area (Å²) >= 11 is 12.4. The van der Waals surface area contributed by atoms with Crippen LogP contribution < -0.4 is 0 Å². The van der Waals surface area contributed by atoms with Crippen LogP contribution in [-0.2, 0) is 11.2 Å². The highest BCUT2D eigenvalue weighted by Crippen LogP contribution is 2.29. The molecule has 1 unspecified atom stereocenters. The number of likely N-dealkylation sites (tertiary alicyclic amines) is 1. The van der Waals surface area contributed by atoms with Gasteiger partial charge in [-0.2, -0.15) is 0 Å². The summed E-state index contributed by atoms with van der Waals surface area (Å²) < 4.78 is 2.00. The summed E-state index contributed by atoms with van der Waals surface area (Å²) in [7, 11) is 0. The largest absolute Gasteiger partial charge is 0.342 e. The summed E-state index contributed by atoms with van der Waals surface area (Å²) in [6.45, 7) is 1.38. The van der Waals surface area contributed by atoms with Crippen molar-refractivity contribution in [2.75, 3.05) is 13.1 Å². The average molecular weight is 389 g/mol. The van der Waals surface area contributed by atoms with Gasteiger partial charge in [0.1, 0.15) is 5.82 Å². The maximum Gasteiger partial charge on any atom is 0.227 e. The van der Waals surface area contributed by atoms with Crippen LogP contribution in [0.1, 0.15) is 30.1 Å². The molecule has 7 heteroatoms. The third-order valence-corrected chi connectivity index (χ3v) is 5.58. The van der Waals surface area contributed by atoms with Gasteiger partial charge in [-0.25, -0.2) is 0 Å². The van der Waals surface area contributed by atoms with Gasteiger partial charge in [-0.05, 0) is 42.7 Å². The lowest BCUT2D eigenvalue weighted by Gasteiger charge is -2.32. The number of pyridine rings is 1. The van der Waals surface area contributed by atoms with Crippen molar-refractivity contribution in [1.82, 2.24) is 19.5 Å². The second kappa shape index (κ2) is 7.25. The zero-order chi connectivity index (χ0) is 18.1. The van der Waals surface area contributed by atoms with Gasteiger partial charge in [-0.15, -0.1) is 10.2 Å². The quantitative estimate of drug-likeness (QED) is 0.681. The van der Waals surface area contributed by atoms with Gasteiger partial charge in [0, 0.05) is 35.2 Å². The average Bonchev–Trinajstić information content (AvgIpc) is 3.09. The Morgan fingerprint density at radius 3 is 2.73 bits per heavy atom. The van der Waals surface area contributed by atoms with E-state index >= 15 is 0 Å². The van der Waals surface area contributed by atoms with Crippen molar-refractivity contribution in [3.8, 4) is 0 Å². The number of nitrogens with zero attached hydrogens (tertiary/aromatic N) is 4. The van der Waals surface area contributed by atoms with Crippen LogP contribution in [0, 0.1) is 0 Å². The van der Waals surface area contributed by atoms with Gasteiger partial charge in [0.25, 0.3) is 0 Å². The fraction of sp³-hybridized carbons (Fsp3) is 0.316. The number of amides is 1. The number of hydrogen-bond acceptors (Lipinski definition) is 3. The Bertz CT molecular complexity index is 935. The Labute approximate surface area is 161 Å². The number of rotatable bonds is 3. The molecule has 1 amide bonds. The number of halogens is 2. The van der Waals surface area contributed by atoms with Crippen molar-refractivity contribution in [2.45, 2.75) is 25.2 Å². The van der Waals surface area contributed by atoms with Gasteiger partial charge >= 0.3 is 0 Å². The van der Waals surface area contributed by atoms with Crippen molar-refractivity contribution in [3.05, 3.63) is 64.0 Å². The summed E-state index contributed by atoms with van der Waals surface area (Å²) in [6.07, 6.45) is 4.11. The molecular formula is C19H18Cl2N4O. The molecule has 1 saturated heterocycles. The molecule has 1 aliphatic heterocycles. The van der Waals surface area contributed by atoms with Gasteiger partial charge in [0.15, 0.2) is 5.65 Å². The zero-order valence-corrected chi connectivity index (χ0v) is 15.6. The van der Waals surface area contributed by atoms with Crippen LogP contribution in [0.3, 0.4) is 0 Å². The predicted octanol–water partition coefficient (Wildman–Crippen LogP) is 3.98. The molecular weight excluding hydrogens is 371 g/mol. The Balaban J connectivity index is 1.52. The molecule has 1 aliphatic rings. The highest BCUT2D eigenvalue weighted by molar-refractivity contribution is 6.36. The van der Waals surface area contributed by atoms with Crippen molar-refractivity contribution in [1.29, 1.82) is 0 Å². The summed E-state index contributed by atoms with van der Waals surface area (Å²) in [4.78, 5) is 14.7. The van der Waals surface area contributed by atoms with Gasteiger partial charge in [0.05, 0.1) is 6.42 Å². The number of benzene rings is 1. The van der Waals surface area contributed by atoms with Gasteiger partial charge in [-0.3, -0.25) is 9.20 Å². The summed E-state index contributed by atoms with van der Waals surface area (Å²) in [5.41, 5.74) is 1.52. The minimum Gasteiger partial charge on any atom is -0.342 e. The number of carbonyl (C=O) groups excluding carboxylic acids is 1. The highest BCUT2D eigenvalue weighted by Gasteiger charge is 2.28. The first-order chi connectivity index (χ1) is 12.6. The Morgan fingerprint density at radius 1 is 1.12 bits per heavy atom. The molecule has 4 rings (SSSR count). The van der Waals surface area contributed by atoms with Crippen LogP contribution in [0.25, 0.3) is 5.65 Å². The first kappa shape index (κ1) is 17.3. The standard InChI is InChI=1S/C19H18Cl2N4O/c20-15-6-3-7-16(21)14(15)11-18(26)24-9-4-5-13(12-24)19-23-22-17-8-1-2-10-25(17)19/h1-3,6-8,10,13H,4-5,9,11-12H2. The topological polar surface area (TPSA) is 50.5 Å². The van der Waals surface area contributed by atoms with E-state index in [9.17, 15) is 4.79 Å². The van der Waals surface area contributed by atoms with E-state index in [4.69, 9.17) is 23.2 Å². The number of fused-ring (bicyclic) bond motifs is 1. The second-order valence-corrected chi connectivity index (χ2v) is 7.36. The number of piperidine rings is 1. The number of aromatic nitrogens is 3. The maximum atomic E-state index is 12.8. The Kier molecular flexibility index (Phi) is 4.83. The van der Waals surface area contributed by atoms with Crippen LogP contribution in [0.4, 0.5) is 0 Å². The molecule has 0 bridgehead atoms. The molecule has 0 N–H and O–H groups in total. The first-order valence-corrected chi connectivity index (χ1v) is 9.39. The molecule has 1 aromatic carbocycles. The lowest BCUT2D eigenvalue weighted by atomic mass is 9.96. The number of hydrogen-bond donors (Lipinski definition) is 0. The van der Waals surface area contributed by atoms with Crippen LogP contribution >= 0.6 is 23.2 Å². The van der Waals surface area contributed by atoms with E-state index < -0.39 is 0 Å². The number of carbonyl (C=O) groups is 1. The molecule has 134 valence electrons. The fourth-order valence-corrected chi connectivity index (χ4v) is 4.05. The fourth-order valence-electron chi connectivity index (χ4n) is 3.52. The van der Waals surface area contributed by atoms with E-state index in [0.29, 0.717) is 22.2 Å². The monoisotopic (exact) mass is 388 g/mol. The van der Waals surface area contributed by atoms with E-state index in [1.165, 1.54) is 0 Å². The van der Waals surface area contributed by atoms with Gasteiger partial charge in [0.2, 0.25) is 5.91 Å². The molecule has 5 nitrogen and oxygen atoms in total. The van der Waals surface area contributed by atoms with Crippen LogP contribution in [-0.4, -0.2) is 38.5 Å². The normalized spacial score (nSPS) is 17.6. The molecule has 1 fully saturated rings. The molecule has 3 heterocycles. The molecule has 26 heavy (non-hydrogen) atoms. The Morgan fingerprint density at radius 2 is 1.92 bits per heavy atom. The maximum absolute atomic E-state index is 12.8. The van der Waals surface area contributed by atoms with E-state index in [1.54, 1.807) is 18.2 Å². The lowest BCUT2D eigenvalue weighted by molar-refractivity contribution is -0.131. The smallest absolute Gasteiger partial charge is 0.227 e. The summed E-state index contributed by atoms with van der Waals surface area (Å²) in [5, 5.41) is 9.65. The summed E-state index contributed by atoms with van der Waals surface area (Å²) in [6, 6.07) is 11.1. The minimum absolute atomic E-state index is 0.0403. The van der Waals surface area contributed by atoms with Crippen LogP contribution in [0.5, 0.6) is 0 Å². The molecule has 0 saturated carbocycles. The molecule has 3 aromatic rings. The van der Waals surface area contributed by atoms with Crippen molar-refractivity contribution < 1.29 is 4.79 Å². The van der Waals surface area contributed by atoms with E-state index in [-0.39, 0.29) is 18.2 Å². The third-order valence-electron chi connectivity index (χ3n) is 4.87. The summed E-state index contributed by atoms with van der Waals surface area (Å²) in [5.74, 6) is 1.12. The molecule has 2 aromatic heterocycles. The third kappa shape index (κ3) is 3.29. The van der Waals surface area contributed by atoms with E-state index in [1.807, 2.05) is 33.7 Å².